The molecule has 2 aliphatic rings. The van der Waals surface area contributed by atoms with Crippen molar-refractivity contribution in [2.24, 2.45) is 0 Å². The van der Waals surface area contributed by atoms with E-state index in [-0.39, 0.29) is 16.8 Å². The number of thiophene rings is 1. The number of aromatic nitrogens is 1. The Labute approximate surface area is 155 Å². The van der Waals surface area contributed by atoms with E-state index in [0.717, 1.165) is 35.7 Å². The number of hydrogen-bond acceptors (Lipinski definition) is 5. The number of ether oxygens (including phenoxy) is 1. The zero-order chi connectivity index (χ0) is 17.1. The van der Waals surface area contributed by atoms with Gasteiger partial charge in [0.15, 0.2) is 0 Å². The van der Waals surface area contributed by atoms with Crippen LogP contribution in [0.25, 0.3) is 6.08 Å². The molecule has 4 heterocycles. The molecule has 0 aliphatic carbocycles. The Bertz CT molecular complexity index is 740. The summed E-state index contributed by atoms with van der Waals surface area (Å²) >= 11 is 3.60. The van der Waals surface area contributed by atoms with Crippen LogP contribution in [0.1, 0.15) is 16.9 Å². The zero-order valence-corrected chi connectivity index (χ0v) is 15.5. The maximum absolute atomic E-state index is 12.3. The van der Waals surface area contributed by atoms with E-state index in [0.29, 0.717) is 6.61 Å². The molecule has 2 saturated heterocycles. The number of rotatable bonds is 5. The highest BCUT2D eigenvalue weighted by Crippen LogP contribution is 2.46. The van der Waals surface area contributed by atoms with Crippen molar-refractivity contribution in [1.82, 2.24) is 9.88 Å². The Morgan fingerprint density at radius 1 is 1.36 bits per heavy atom. The predicted molar refractivity (Wildman–Crippen MR) is 103 cm³/mol. The van der Waals surface area contributed by atoms with Crippen molar-refractivity contribution in [3.63, 3.8) is 0 Å². The van der Waals surface area contributed by atoms with Crippen LogP contribution in [0.5, 0.6) is 0 Å². The van der Waals surface area contributed by atoms with Gasteiger partial charge in [-0.1, -0.05) is 6.07 Å². The minimum absolute atomic E-state index is 0.112. The highest BCUT2D eigenvalue weighted by Gasteiger charge is 2.50. The Morgan fingerprint density at radius 2 is 2.20 bits per heavy atom. The molecular formula is C19H20N2O2S2. The number of likely N-dealkylation sites (tertiary alicyclic amines) is 1. The molecule has 4 nitrogen and oxygen atoms in total. The Balaban J connectivity index is 1.23. The molecule has 2 aromatic heterocycles. The van der Waals surface area contributed by atoms with E-state index in [2.05, 4.69) is 4.98 Å². The topological polar surface area (TPSA) is 42.4 Å². The van der Waals surface area contributed by atoms with Crippen molar-refractivity contribution in [3.8, 4) is 0 Å². The van der Waals surface area contributed by atoms with Gasteiger partial charge in [0, 0.05) is 42.2 Å². The smallest absolute Gasteiger partial charge is 0.246 e. The first-order chi connectivity index (χ1) is 12.2. The van der Waals surface area contributed by atoms with Crippen LogP contribution in [0, 0.1) is 0 Å². The SMILES string of the molecule is O=C(/C=C/c1cccs1)N1CC2(CC(OCc3ccncc3)CS2)C1. The van der Waals surface area contributed by atoms with E-state index in [9.17, 15) is 4.79 Å². The fourth-order valence-corrected chi connectivity index (χ4v) is 5.44. The number of thioether (sulfide) groups is 1. The molecule has 0 aromatic carbocycles. The van der Waals surface area contributed by atoms with Crippen LogP contribution < -0.4 is 0 Å². The molecule has 0 radical (unpaired) electrons. The highest BCUT2D eigenvalue weighted by molar-refractivity contribution is 8.01. The zero-order valence-electron chi connectivity index (χ0n) is 13.8. The lowest BCUT2D eigenvalue weighted by Crippen LogP contribution is -2.60. The van der Waals surface area contributed by atoms with E-state index in [1.54, 1.807) is 29.8 Å². The predicted octanol–water partition coefficient (Wildman–Crippen LogP) is 3.46. The summed E-state index contributed by atoms with van der Waals surface area (Å²) in [6, 6.07) is 7.99. The third kappa shape index (κ3) is 3.97. The average molecular weight is 373 g/mol. The van der Waals surface area contributed by atoms with Crippen LogP contribution in [-0.2, 0) is 16.1 Å². The van der Waals surface area contributed by atoms with Gasteiger partial charge in [-0.05, 0) is 41.6 Å². The molecule has 25 heavy (non-hydrogen) atoms. The normalized spacial score (nSPS) is 21.8. The maximum Gasteiger partial charge on any atom is 0.246 e. The Hall–Kier alpha value is -1.63. The van der Waals surface area contributed by atoms with Crippen LogP contribution in [0.2, 0.25) is 0 Å². The van der Waals surface area contributed by atoms with E-state index < -0.39 is 0 Å². The van der Waals surface area contributed by atoms with Gasteiger partial charge in [0.1, 0.15) is 0 Å². The molecule has 0 N–H and O–H groups in total. The molecule has 130 valence electrons. The summed E-state index contributed by atoms with van der Waals surface area (Å²) in [5.41, 5.74) is 1.16. The van der Waals surface area contributed by atoms with Crippen LogP contribution >= 0.6 is 23.1 Å². The van der Waals surface area contributed by atoms with Crippen molar-refractivity contribution in [2.45, 2.75) is 23.9 Å². The molecule has 2 aliphatic heterocycles. The number of amides is 1. The molecule has 1 amide bonds. The van der Waals surface area contributed by atoms with Gasteiger partial charge in [0.2, 0.25) is 5.91 Å². The third-order valence-electron chi connectivity index (χ3n) is 4.61. The van der Waals surface area contributed by atoms with Crippen molar-refractivity contribution < 1.29 is 9.53 Å². The van der Waals surface area contributed by atoms with Crippen LogP contribution in [0.3, 0.4) is 0 Å². The van der Waals surface area contributed by atoms with E-state index in [1.807, 2.05) is 52.4 Å². The second-order valence-electron chi connectivity index (χ2n) is 6.53. The van der Waals surface area contributed by atoms with Crippen molar-refractivity contribution in [1.29, 1.82) is 0 Å². The van der Waals surface area contributed by atoms with E-state index in [4.69, 9.17) is 4.74 Å². The second-order valence-corrected chi connectivity index (χ2v) is 9.00. The van der Waals surface area contributed by atoms with Gasteiger partial charge in [-0.2, -0.15) is 0 Å². The van der Waals surface area contributed by atoms with E-state index >= 15 is 0 Å². The number of carbonyl (C=O) groups excluding carboxylic acids is 1. The minimum Gasteiger partial charge on any atom is -0.373 e. The van der Waals surface area contributed by atoms with Crippen molar-refractivity contribution >= 4 is 35.1 Å². The first-order valence-electron chi connectivity index (χ1n) is 8.37. The summed E-state index contributed by atoms with van der Waals surface area (Å²) < 4.78 is 6.25. The van der Waals surface area contributed by atoms with Crippen molar-refractivity contribution in [2.75, 3.05) is 18.8 Å². The van der Waals surface area contributed by atoms with Gasteiger partial charge in [-0.3, -0.25) is 9.78 Å². The molecule has 4 rings (SSSR count). The minimum atomic E-state index is 0.112. The highest BCUT2D eigenvalue weighted by atomic mass is 32.2. The fraction of sp³-hybridized carbons (Fsp3) is 0.368. The average Bonchev–Trinajstić information content (AvgIpc) is 3.27. The summed E-state index contributed by atoms with van der Waals surface area (Å²) in [6.45, 7) is 2.30. The summed E-state index contributed by atoms with van der Waals surface area (Å²) in [4.78, 5) is 19.3. The first kappa shape index (κ1) is 16.8. The van der Waals surface area contributed by atoms with Crippen molar-refractivity contribution in [3.05, 3.63) is 58.6 Å². The fourth-order valence-electron chi connectivity index (χ4n) is 3.27. The standard InChI is InChI=1S/C19H20N2O2S2/c22-18(4-3-17-2-1-9-24-17)21-13-19(14-21)10-16(12-25-19)23-11-15-5-7-20-8-6-15/h1-9,16H,10-14H2/b4-3+. The Kier molecular flexibility index (Phi) is 4.92. The monoisotopic (exact) mass is 372 g/mol. The number of carbonyl (C=O) groups is 1. The Morgan fingerprint density at radius 3 is 2.96 bits per heavy atom. The molecule has 1 unspecified atom stereocenters. The second kappa shape index (κ2) is 7.32. The summed E-state index contributed by atoms with van der Waals surface area (Å²) in [6.07, 6.45) is 8.49. The molecule has 1 atom stereocenters. The van der Waals surface area contributed by atoms with E-state index in [1.165, 1.54) is 0 Å². The van der Waals surface area contributed by atoms with Gasteiger partial charge in [-0.25, -0.2) is 0 Å². The number of hydrogen-bond donors (Lipinski definition) is 0. The lowest BCUT2D eigenvalue weighted by atomic mass is 9.93. The van der Waals surface area contributed by atoms with Crippen LogP contribution in [0.4, 0.5) is 0 Å². The lowest BCUT2D eigenvalue weighted by Gasteiger charge is -2.47. The van der Waals surface area contributed by atoms with Gasteiger partial charge >= 0.3 is 0 Å². The van der Waals surface area contributed by atoms with Gasteiger partial charge in [0.25, 0.3) is 0 Å². The van der Waals surface area contributed by atoms with Crippen LogP contribution in [-0.4, -0.2) is 45.5 Å². The van der Waals surface area contributed by atoms with Gasteiger partial charge in [-0.15, -0.1) is 23.1 Å². The van der Waals surface area contributed by atoms with Crippen LogP contribution in [0.15, 0.2) is 48.1 Å². The third-order valence-corrected chi connectivity index (χ3v) is 7.03. The van der Waals surface area contributed by atoms with Gasteiger partial charge in [0.05, 0.1) is 17.5 Å². The molecule has 2 aromatic rings. The summed E-state index contributed by atoms with van der Waals surface area (Å²) in [7, 11) is 0. The lowest BCUT2D eigenvalue weighted by molar-refractivity contribution is -0.131. The first-order valence-corrected chi connectivity index (χ1v) is 10.2. The molecule has 0 saturated carbocycles. The molecule has 1 spiro atoms. The largest absolute Gasteiger partial charge is 0.373 e. The maximum atomic E-state index is 12.3. The summed E-state index contributed by atoms with van der Waals surface area (Å²) in [5, 5.41) is 2.02. The molecule has 2 fully saturated rings. The molecule has 0 bridgehead atoms. The molecular weight excluding hydrogens is 352 g/mol. The summed E-state index contributed by atoms with van der Waals surface area (Å²) in [5.74, 6) is 1.12. The quantitative estimate of drug-likeness (QED) is 0.754. The molecule has 6 heteroatoms. The number of pyridine rings is 1. The number of nitrogens with zero attached hydrogens (tertiary/aromatic N) is 2. The van der Waals surface area contributed by atoms with Gasteiger partial charge < -0.3 is 9.64 Å².